The molecule has 0 spiro atoms. The number of ether oxygens (including phenoxy) is 1. The monoisotopic (exact) mass is 426 g/mol. The lowest BCUT2D eigenvalue weighted by atomic mass is 10.1. The molecule has 0 atom stereocenters. The predicted molar refractivity (Wildman–Crippen MR) is 100.0 cm³/mol. The molecule has 8 heteroatoms. The van der Waals surface area contributed by atoms with Crippen molar-refractivity contribution in [3.05, 3.63) is 58.6 Å². The molecular formula is C17H19BrN2O4S. The number of rotatable bonds is 8. The summed E-state index contributed by atoms with van der Waals surface area (Å²) in [4.78, 5) is 11.9. The summed E-state index contributed by atoms with van der Waals surface area (Å²) in [6.07, 6.45) is 0.226. The van der Waals surface area contributed by atoms with Gasteiger partial charge < -0.3 is 10.1 Å². The van der Waals surface area contributed by atoms with Gasteiger partial charge in [-0.3, -0.25) is 9.52 Å². The number of amides is 1. The Morgan fingerprint density at radius 1 is 1.08 bits per heavy atom. The summed E-state index contributed by atoms with van der Waals surface area (Å²) in [5.41, 5.74) is 1.23. The molecule has 134 valence electrons. The SMILES string of the molecule is COCCNC(=O)Cc1ccc(NS(=O)(=O)c2ccc(Br)cc2)cc1. The van der Waals surface area contributed by atoms with Crippen LogP contribution in [0, 0.1) is 0 Å². The van der Waals surface area contributed by atoms with Crippen LogP contribution >= 0.6 is 15.9 Å². The van der Waals surface area contributed by atoms with Crippen molar-refractivity contribution in [1.82, 2.24) is 5.32 Å². The third-order valence-corrected chi connectivity index (χ3v) is 5.25. The van der Waals surface area contributed by atoms with Crippen molar-refractivity contribution in [2.45, 2.75) is 11.3 Å². The second kappa shape index (κ2) is 8.98. The minimum atomic E-state index is -3.64. The lowest BCUT2D eigenvalue weighted by Crippen LogP contribution is -2.28. The van der Waals surface area contributed by atoms with Crippen LogP contribution in [-0.2, 0) is 26.0 Å². The summed E-state index contributed by atoms with van der Waals surface area (Å²) in [5, 5.41) is 2.73. The smallest absolute Gasteiger partial charge is 0.261 e. The summed E-state index contributed by atoms with van der Waals surface area (Å²) in [6.45, 7) is 0.920. The second-order valence-electron chi connectivity index (χ2n) is 5.28. The van der Waals surface area contributed by atoms with E-state index in [0.29, 0.717) is 18.8 Å². The molecule has 6 nitrogen and oxygen atoms in total. The van der Waals surface area contributed by atoms with Crippen LogP contribution in [0.4, 0.5) is 5.69 Å². The first-order valence-corrected chi connectivity index (χ1v) is 9.81. The lowest BCUT2D eigenvalue weighted by molar-refractivity contribution is -0.120. The van der Waals surface area contributed by atoms with Crippen LogP contribution in [0.2, 0.25) is 0 Å². The van der Waals surface area contributed by atoms with Crippen molar-refractivity contribution < 1.29 is 17.9 Å². The van der Waals surface area contributed by atoms with E-state index in [9.17, 15) is 13.2 Å². The molecule has 0 unspecified atom stereocenters. The fraction of sp³-hybridized carbons (Fsp3) is 0.235. The van der Waals surface area contributed by atoms with Crippen LogP contribution in [0.25, 0.3) is 0 Å². The van der Waals surface area contributed by atoms with E-state index in [1.807, 2.05) is 0 Å². The number of hydrogen-bond donors (Lipinski definition) is 2. The minimum Gasteiger partial charge on any atom is -0.383 e. The van der Waals surface area contributed by atoms with Crippen molar-refractivity contribution in [3.8, 4) is 0 Å². The Kier molecular flexibility index (Phi) is 6.98. The van der Waals surface area contributed by atoms with Crippen molar-refractivity contribution >= 4 is 37.5 Å². The largest absolute Gasteiger partial charge is 0.383 e. The zero-order valence-corrected chi connectivity index (χ0v) is 16.1. The molecule has 0 aromatic heterocycles. The van der Waals surface area contributed by atoms with Crippen LogP contribution in [0.1, 0.15) is 5.56 Å². The molecule has 0 aliphatic rings. The van der Waals surface area contributed by atoms with Crippen LogP contribution in [0.5, 0.6) is 0 Å². The van der Waals surface area contributed by atoms with Gasteiger partial charge >= 0.3 is 0 Å². The molecule has 2 aromatic carbocycles. The normalized spacial score (nSPS) is 11.1. The Bertz CT molecular complexity index is 806. The molecule has 0 radical (unpaired) electrons. The number of hydrogen-bond acceptors (Lipinski definition) is 4. The van der Waals surface area contributed by atoms with Gasteiger partial charge in [0.2, 0.25) is 5.91 Å². The molecule has 2 N–H and O–H groups in total. The van der Waals surface area contributed by atoms with Gasteiger partial charge in [-0.2, -0.15) is 0 Å². The summed E-state index contributed by atoms with van der Waals surface area (Å²) < 4.78 is 32.8. The summed E-state index contributed by atoms with van der Waals surface area (Å²) in [6, 6.07) is 13.1. The second-order valence-corrected chi connectivity index (χ2v) is 7.87. The van der Waals surface area contributed by atoms with Crippen LogP contribution < -0.4 is 10.0 Å². The topological polar surface area (TPSA) is 84.5 Å². The average Bonchev–Trinajstić information content (AvgIpc) is 2.57. The Labute approximate surface area is 155 Å². The number of halogens is 1. The zero-order chi connectivity index (χ0) is 18.3. The van der Waals surface area contributed by atoms with Crippen LogP contribution in [0.3, 0.4) is 0 Å². The number of benzene rings is 2. The highest BCUT2D eigenvalue weighted by molar-refractivity contribution is 9.10. The lowest BCUT2D eigenvalue weighted by Gasteiger charge is -2.09. The number of carbonyl (C=O) groups is 1. The number of anilines is 1. The molecule has 0 heterocycles. The van der Waals surface area contributed by atoms with E-state index < -0.39 is 10.0 Å². The number of sulfonamides is 1. The molecule has 0 saturated carbocycles. The molecule has 0 saturated heterocycles. The predicted octanol–water partition coefficient (Wildman–Crippen LogP) is 2.55. The summed E-state index contributed by atoms with van der Waals surface area (Å²) in [7, 11) is -2.08. The molecule has 0 bridgehead atoms. The zero-order valence-electron chi connectivity index (χ0n) is 13.7. The third-order valence-electron chi connectivity index (χ3n) is 3.32. The van der Waals surface area contributed by atoms with Gasteiger partial charge in [0.25, 0.3) is 10.0 Å². The molecular weight excluding hydrogens is 408 g/mol. The van der Waals surface area contributed by atoms with Crippen LogP contribution in [-0.4, -0.2) is 34.6 Å². The molecule has 1 amide bonds. The Morgan fingerprint density at radius 2 is 1.72 bits per heavy atom. The first-order valence-electron chi connectivity index (χ1n) is 7.54. The van der Waals surface area contributed by atoms with Gasteiger partial charge in [-0.1, -0.05) is 28.1 Å². The fourth-order valence-corrected chi connectivity index (χ4v) is 3.38. The van der Waals surface area contributed by atoms with Gasteiger partial charge in [-0.05, 0) is 42.0 Å². The van der Waals surface area contributed by atoms with E-state index in [4.69, 9.17) is 4.74 Å². The van der Waals surface area contributed by atoms with Gasteiger partial charge in [0.1, 0.15) is 0 Å². The van der Waals surface area contributed by atoms with E-state index in [0.717, 1.165) is 10.0 Å². The van der Waals surface area contributed by atoms with Gasteiger partial charge in [-0.25, -0.2) is 8.42 Å². The van der Waals surface area contributed by atoms with Crippen molar-refractivity contribution in [1.29, 1.82) is 0 Å². The van der Waals surface area contributed by atoms with Crippen molar-refractivity contribution in [2.24, 2.45) is 0 Å². The first kappa shape index (κ1) is 19.4. The van der Waals surface area contributed by atoms with Crippen molar-refractivity contribution in [2.75, 3.05) is 25.0 Å². The van der Waals surface area contributed by atoms with E-state index >= 15 is 0 Å². The Morgan fingerprint density at radius 3 is 2.32 bits per heavy atom. The standard InChI is InChI=1S/C17H19BrN2O4S/c1-24-11-10-19-17(21)12-13-2-6-15(7-3-13)20-25(22,23)16-8-4-14(18)5-9-16/h2-9,20H,10-12H2,1H3,(H,19,21). The van der Waals surface area contributed by atoms with Crippen LogP contribution in [0.15, 0.2) is 57.9 Å². The van der Waals surface area contributed by atoms with Gasteiger partial charge in [-0.15, -0.1) is 0 Å². The fourth-order valence-electron chi connectivity index (χ4n) is 2.06. The van der Waals surface area contributed by atoms with Crippen molar-refractivity contribution in [3.63, 3.8) is 0 Å². The van der Waals surface area contributed by atoms with Gasteiger partial charge in [0.15, 0.2) is 0 Å². The molecule has 0 fully saturated rings. The maximum absolute atomic E-state index is 12.3. The van der Waals surface area contributed by atoms with E-state index in [-0.39, 0.29) is 17.2 Å². The highest BCUT2D eigenvalue weighted by Gasteiger charge is 2.14. The number of nitrogens with one attached hydrogen (secondary N) is 2. The molecule has 25 heavy (non-hydrogen) atoms. The first-order chi connectivity index (χ1) is 11.9. The Hall–Kier alpha value is -1.90. The third kappa shape index (κ3) is 6.15. The minimum absolute atomic E-state index is 0.111. The number of methoxy groups -OCH3 is 1. The summed E-state index contributed by atoms with van der Waals surface area (Å²) in [5.74, 6) is -0.111. The van der Waals surface area contributed by atoms with Gasteiger partial charge in [0, 0.05) is 23.8 Å². The van der Waals surface area contributed by atoms with E-state index in [1.165, 1.54) is 12.1 Å². The molecule has 2 rings (SSSR count). The number of carbonyl (C=O) groups excluding carboxylic acids is 1. The Balaban J connectivity index is 1.97. The average molecular weight is 427 g/mol. The highest BCUT2D eigenvalue weighted by atomic mass is 79.9. The maximum atomic E-state index is 12.3. The maximum Gasteiger partial charge on any atom is 0.261 e. The molecule has 2 aromatic rings. The quantitative estimate of drug-likeness (QED) is 0.635. The summed E-state index contributed by atoms with van der Waals surface area (Å²) >= 11 is 3.27. The van der Waals surface area contributed by atoms with E-state index in [2.05, 4.69) is 26.0 Å². The molecule has 0 aliphatic carbocycles. The molecule has 0 aliphatic heterocycles. The van der Waals surface area contributed by atoms with E-state index in [1.54, 1.807) is 43.5 Å². The van der Waals surface area contributed by atoms with Gasteiger partial charge in [0.05, 0.1) is 17.9 Å². The highest BCUT2D eigenvalue weighted by Crippen LogP contribution is 2.19.